The highest BCUT2D eigenvalue weighted by Gasteiger charge is 2.34. The molecule has 4 N–H and O–H groups in total. The number of hydrogen-bond acceptors (Lipinski definition) is 5. The van der Waals surface area contributed by atoms with Crippen LogP contribution in [-0.2, 0) is 4.79 Å². The Morgan fingerprint density at radius 3 is 2.53 bits per heavy atom. The van der Waals surface area contributed by atoms with E-state index in [9.17, 15) is 14.4 Å². The molecule has 3 amide bonds. The van der Waals surface area contributed by atoms with Gasteiger partial charge in [-0.1, -0.05) is 26.2 Å². The Morgan fingerprint density at radius 1 is 1.09 bits per heavy atom. The van der Waals surface area contributed by atoms with Crippen LogP contribution in [0.5, 0.6) is 0 Å². The molecule has 0 saturated heterocycles. The maximum Gasteiger partial charge on any atom is 0.276 e. The quantitative estimate of drug-likeness (QED) is 0.399. The van der Waals surface area contributed by atoms with Crippen LogP contribution in [0.4, 0.5) is 11.5 Å². The lowest BCUT2D eigenvalue weighted by Crippen LogP contribution is -2.35. The Hall–Kier alpha value is -3.20. The normalized spacial score (nSPS) is 17.4. The lowest BCUT2D eigenvalue weighted by atomic mass is 9.75. The summed E-state index contributed by atoms with van der Waals surface area (Å²) in [4.78, 5) is 46.2. The molecule has 0 aliphatic heterocycles. The van der Waals surface area contributed by atoms with Crippen molar-refractivity contribution < 1.29 is 14.4 Å². The molecule has 2 aromatic heterocycles. The summed E-state index contributed by atoms with van der Waals surface area (Å²) in [6.07, 6.45) is 7.02. The summed E-state index contributed by atoms with van der Waals surface area (Å²) in [5, 5.41) is 12.1. The molecule has 3 aromatic rings. The number of amides is 3. The molecule has 178 valence electrons. The van der Waals surface area contributed by atoms with E-state index in [1.807, 2.05) is 32.0 Å². The first-order chi connectivity index (χ1) is 16.3. The van der Waals surface area contributed by atoms with E-state index in [2.05, 4.69) is 25.9 Å². The molecule has 2 fully saturated rings. The van der Waals surface area contributed by atoms with Gasteiger partial charge in [-0.25, -0.2) is 4.98 Å². The second-order valence-corrected chi connectivity index (χ2v) is 10.7. The van der Waals surface area contributed by atoms with Crippen molar-refractivity contribution >= 4 is 51.5 Å². The number of carbonyl (C=O) groups excluding carboxylic acids is 3. The number of H-pyrrole nitrogens is 1. The van der Waals surface area contributed by atoms with Crippen LogP contribution < -0.4 is 16.0 Å². The zero-order valence-electron chi connectivity index (χ0n) is 19.4. The lowest BCUT2D eigenvalue weighted by molar-refractivity contribution is -0.126. The molecule has 2 heterocycles. The zero-order valence-corrected chi connectivity index (χ0v) is 20.2. The van der Waals surface area contributed by atoms with E-state index in [1.54, 1.807) is 5.38 Å². The molecule has 9 heteroatoms. The van der Waals surface area contributed by atoms with Crippen LogP contribution in [0, 0.1) is 12.3 Å². The van der Waals surface area contributed by atoms with Gasteiger partial charge in [0.15, 0.2) is 0 Å². The fourth-order valence-electron chi connectivity index (χ4n) is 4.58. The Bertz CT molecular complexity index is 1270. The van der Waals surface area contributed by atoms with Crippen molar-refractivity contribution in [3.8, 4) is 0 Å². The second-order valence-electron chi connectivity index (χ2n) is 9.66. The predicted octanol–water partition coefficient (Wildman–Crippen LogP) is 4.99. The summed E-state index contributed by atoms with van der Waals surface area (Å²) >= 11 is 1.39. The van der Waals surface area contributed by atoms with Gasteiger partial charge in [0.1, 0.15) is 11.5 Å². The number of nitrogens with one attached hydrogen (secondary N) is 4. The molecule has 1 aromatic carbocycles. The number of rotatable bonds is 6. The average molecular weight is 480 g/mol. The van der Waals surface area contributed by atoms with E-state index in [0.717, 1.165) is 43.5 Å². The first-order valence-corrected chi connectivity index (χ1v) is 12.7. The second kappa shape index (κ2) is 8.87. The first-order valence-electron chi connectivity index (χ1n) is 11.8. The maximum atomic E-state index is 13.1. The number of nitrogens with zero attached hydrogens (tertiary/aromatic N) is 1. The number of aryl methyl sites for hydroxylation is 1. The van der Waals surface area contributed by atoms with E-state index in [4.69, 9.17) is 0 Å². The lowest BCUT2D eigenvalue weighted by Gasteiger charge is -2.32. The number of hydrogen-bond donors (Lipinski definition) is 4. The molecular weight excluding hydrogens is 450 g/mol. The standard InChI is InChI=1S/C25H29N5O3S/c1-14-26-19(13-34-14)22(31)30-21-20(23(32)27-15-6-7-15)17-9-8-16(12-18(17)29-21)28-24(33)25(2)10-4-3-5-11-25/h8-9,12-13,15,29H,3-7,10-11H2,1-2H3,(H,27,32)(H,28,33)(H,30,31). The molecule has 5 rings (SSSR count). The molecule has 0 unspecified atom stereocenters. The van der Waals surface area contributed by atoms with Crippen molar-refractivity contribution in [2.75, 3.05) is 10.6 Å². The predicted molar refractivity (Wildman–Crippen MR) is 133 cm³/mol. The molecule has 2 aliphatic rings. The molecule has 2 aliphatic carbocycles. The van der Waals surface area contributed by atoms with Gasteiger partial charge >= 0.3 is 0 Å². The van der Waals surface area contributed by atoms with Crippen LogP contribution >= 0.6 is 11.3 Å². The van der Waals surface area contributed by atoms with Crippen molar-refractivity contribution in [3.63, 3.8) is 0 Å². The van der Waals surface area contributed by atoms with Crippen molar-refractivity contribution in [1.82, 2.24) is 15.3 Å². The topological polar surface area (TPSA) is 116 Å². The van der Waals surface area contributed by atoms with Gasteiger partial charge in [-0.15, -0.1) is 11.3 Å². The van der Waals surface area contributed by atoms with E-state index in [-0.39, 0.29) is 29.2 Å². The molecular formula is C25H29N5O3S. The zero-order chi connectivity index (χ0) is 23.9. The third kappa shape index (κ3) is 4.57. The number of fused-ring (bicyclic) bond motifs is 1. The van der Waals surface area contributed by atoms with Gasteiger partial charge in [-0.3, -0.25) is 14.4 Å². The van der Waals surface area contributed by atoms with Crippen LogP contribution in [0.2, 0.25) is 0 Å². The molecule has 34 heavy (non-hydrogen) atoms. The third-order valence-electron chi connectivity index (χ3n) is 6.79. The van der Waals surface area contributed by atoms with E-state index < -0.39 is 0 Å². The highest BCUT2D eigenvalue weighted by Crippen LogP contribution is 2.37. The van der Waals surface area contributed by atoms with Gasteiger partial charge in [0.2, 0.25) is 5.91 Å². The van der Waals surface area contributed by atoms with E-state index in [0.29, 0.717) is 33.7 Å². The van der Waals surface area contributed by atoms with Crippen LogP contribution in [-0.4, -0.2) is 33.7 Å². The summed E-state index contributed by atoms with van der Waals surface area (Å²) in [7, 11) is 0. The Kier molecular flexibility index (Phi) is 5.89. The van der Waals surface area contributed by atoms with Gasteiger partial charge < -0.3 is 20.9 Å². The molecule has 0 bridgehead atoms. The largest absolute Gasteiger partial charge is 0.349 e. The van der Waals surface area contributed by atoms with Gasteiger partial charge in [-0.2, -0.15) is 0 Å². The number of anilines is 2. The maximum absolute atomic E-state index is 13.1. The van der Waals surface area contributed by atoms with Crippen LogP contribution in [0.1, 0.15) is 77.7 Å². The smallest absolute Gasteiger partial charge is 0.276 e. The Morgan fingerprint density at radius 2 is 1.85 bits per heavy atom. The van der Waals surface area contributed by atoms with Crippen LogP contribution in [0.25, 0.3) is 10.9 Å². The molecule has 0 spiro atoms. The average Bonchev–Trinajstić information content (AvgIpc) is 3.39. The summed E-state index contributed by atoms with van der Waals surface area (Å²) in [5.74, 6) is -0.260. The minimum Gasteiger partial charge on any atom is -0.349 e. The highest BCUT2D eigenvalue weighted by atomic mass is 32.1. The number of aromatic amines is 1. The van der Waals surface area contributed by atoms with Gasteiger partial charge in [0.05, 0.1) is 10.6 Å². The molecule has 2 saturated carbocycles. The van der Waals surface area contributed by atoms with Crippen molar-refractivity contribution in [2.24, 2.45) is 5.41 Å². The minimum absolute atomic E-state index is 0.0252. The Labute approximate surface area is 201 Å². The first kappa shape index (κ1) is 22.6. The molecule has 8 nitrogen and oxygen atoms in total. The fraction of sp³-hybridized carbons (Fsp3) is 0.440. The fourth-order valence-corrected chi connectivity index (χ4v) is 5.17. The highest BCUT2D eigenvalue weighted by molar-refractivity contribution is 7.09. The van der Waals surface area contributed by atoms with Crippen molar-refractivity contribution in [1.29, 1.82) is 0 Å². The van der Waals surface area contributed by atoms with Crippen LogP contribution in [0.15, 0.2) is 23.6 Å². The number of thiazole rings is 1. The van der Waals surface area contributed by atoms with Gasteiger partial charge in [-0.05, 0) is 50.8 Å². The number of benzene rings is 1. The monoisotopic (exact) mass is 479 g/mol. The minimum atomic E-state index is -0.380. The van der Waals surface area contributed by atoms with E-state index >= 15 is 0 Å². The molecule has 0 atom stereocenters. The number of aromatic nitrogens is 2. The summed E-state index contributed by atoms with van der Waals surface area (Å²) in [6.45, 7) is 3.87. The van der Waals surface area contributed by atoms with Crippen molar-refractivity contribution in [2.45, 2.75) is 64.8 Å². The summed E-state index contributed by atoms with van der Waals surface area (Å²) in [5.41, 5.74) is 1.66. The summed E-state index contributed by atoms with van der Waals surface area (Å²) < 4.78 is 0. The van der Waals surface area contributed by atoms with Crippen LogP contribution in [0.3, 0.4) is 0 Å². The van der Waals surface area contributed by atoms with Gasteiger partial charge in [0, 0.05) is 33.4 Å². The number of carbonyl (C=O) groups is 3. The van der Waals surface area contributed by atoms with Crippen molar-refractivity contribution in [3.05, 3.63) is 39.8 Å². The third-order valence-corrected chi connectivity index (χ3v) is 7.57. The van der Waals surface area contributed by atoms with E-state index in [1.165, 1.54) is 17.8 Å². The SMILES string of the molecule is Cc1nc(C(=O)Nc2[nH]c3cc(NC(=O)C4(C)CCCCC4)ccc3c2C(=O)NC2CC2)cs1. The molecule has 0 radical (unpaired) electrons. The summed E-state index contributed by atoms with van der Waals surface area (Å²) in [6, 6.07) is 5.62. The Balaban J connectivity index is 1.44. The van der Waals surface area contributed by atoms with Gasteiger partial charge in [0.25, 0.3) is 11.8 Å².